The third kappa shape index (κ3) is 2.83. The number of rotatable bonds is 3. The lowest BCUT2D eigenvalue weighted by Gasteiger charge is -2.27. The van der Waals surface area contributed by atoms with Crippen molar-refractivity contribution in [2.24, 2.45) is 11.8 Å². The highest BCUT2D eigenvalue weighted by molar-refractivity contribution is 4.95. The average Bonchev–Trinajstić information content (AvgIpc) is 2.65. The number of hydrogen-bond acceptors (Lipinski definition) is 3. The first-order valence-electron chi connectivity index (χ1n) is 6.45. The fourth-order valence-electron chi connectivity index (χ4n) is 2.79. The van der Waals surface area contributed by atoms with Gasteiger partial charge in [0, 0.05) is 5.92 Å². The second-order valence-electron chi connectivity index (χ2n) is 5.53. The molecule has 3 heteroatoms. The van der Waals surface area contributed by atoms with Gasteiger partial charge in [0.1, 0.15) is 0 Å². The molecule has 0 amide bonds. The molecule has 0 unspecified atom stereocenters. The van der Waals surface area contributed by atoms with Gasteiger partial charge in [-0.3, -0.25) is 0 Å². The minimum Gasteiger partial charge on any atom is -0.339 e. The first kappa shape index (κ1) is 11.6. The van der Waals surface area contributed by atoms with Crippen molar-refractivity contribution >= 4 is 0 Å². The highest BCUT2D eigenvalue weighted by Crippen LogP contribution is 2.37. The van der Waals surface area contributed by atoms with E-state index in [9.17, 15) is 0 Å². The van der Waals surface area contributed by atoms with Gasteiger partial charge in [-0.15, -0.1) is 0 Å². The second kappa shape index (κ2) is 4.98. The van der Waals surface area contributed by atoms with E-state index in [4.69, 9.17) is 4.52 Å². The minimum atomic E-state index is 0.518. The maximum atomic E-state index is 5.26. The summed E-state index contributed by atoms with van der Waals surface area (Å²) in [5.41, 5.74) is 0. The Morgan fingerprint density at radius 2 is 1.94 bits per heavy atom. The Labute approximate surface area is 97.6 Å². The molecule has 0 N–H and O–H groups in total. The average molecular weight is 222 g/mol. The summed E-state index contributed by atoms with van der Waals surface area (Å²) >= 11 is 0. The van der Waals surface area contributed by atoms with Gasteiger partial charge >= 0.3 is 0 Å². The van der Waals surface area contributed by atoms with E-state index >= 15 is 0 Å². The largest absolute Gasteiger partial charge is 0.339 e. The lowest BCUT2D eigenvalue weighted by atomic mass is 9.78. The molecule has 3 nitrogen and oxygen atoms in total. The van der Waals surface area contributed by atoms with Gasteiger partial charge in [-0.25, -0.2) is 0 Å². The molecule has 0 bridgehead atoms. The Balaban J connectivity index is 1.85. The first-order chi connectivity index (χ1) is 7.65. The second-order valence-corrected chi connectivity index (χ2v) is 5.53. The van der Waals surface area contributed by atoms with Crippen LogP contribution in [0.4, 0.5) is 0 Å². The van der Waals surface area contributed by atoms with E-state index < -0.39 is 0 Å². The van der Waals surface area contributed by atoms with Crippen LogP contribution in [-0.4, -0.2) is 10.1 Å². The van der Waals surface area contributed by atoms with Crippen LogP contribution in [0.25, 0.3) is 0 Å². The van der Waals surface area contributed by atoms with Crippen LogP contribution < -0.4 is 0 Å². The highest BCUT2D eigenvalue weighted by Gasteiger charge is 2.26. The van der Waals surface area contributed by atoms with E-state index in [1.54, 1.807) is 0 Å². The fourth-order valence-corrected chi connectivity index (χ4v) is 2.79. The third-order valence-corrected chi connectivity index (χ3v) is 3.54. The summed E-state index contributed by atoms with van der Waals surface area (Å²) in [7, 11) is 0. The van der Waals surface area contributed by atoms with Crippen molar-refractivity contribution in [1.29, 1.82) is 0 Å². The van der Waals surface area contributed by atoms with Crippen LogP contribution in [0.5, 0.6) is 0 Å². The van der Waals surface area contributed by atoms with Gasteiger partial charge in [0.2, 0.25) is 5.89 Å². The Hall–Kier alpha value is -0.860. The predicted molar refractivity (Wildman–Crippen MR) is 63.2 cm³/mol. The summed E-state index contributed by atoms with van der Waals surface area (Å²) in [6.07, 6.45) is 6.46. The van der Waals surface area contributed by atoms with Crippen molar-refractivity contribution in [3.8, 4) is 0 Å². The first-order valence-corrected chi connectivity index (χ1v) is 6.45. The van der Waals surface area contributed by atoms with Crippen LogP contribution >= 0.6 is 0 Å². The van der Waals surface area contributed by atoms with E-state index in [1.165, 1.54) is 32.1 Å². The molecule has 90 valence electrons. The van der Waals surface area contributed by atoms with Crippen LogP contribution in [0.15, 0.2) is 4.52 Å². The zero-order chi connectivity index (χ0) is 11.5. The normalized spacial score (nSPS) is 26.2. The van der Waals surface area contributed by atoms with Gasteiger partial charge < -0.3 is 4.52 Å². The molecule has 1 aromatic rings. The molecule has 0 aliphatic heterocycles. The van der Waals surface area contributed by atoms with Crippen molar-refractivity contribution in [3.63, 3.8) is 0 Å². The molecule has 0 aromatic carbocycles. The Kier molecular flexibility index (Phi) is 3.62. The lowest BCUT2D eigenvalue weighted by molar-refractivity contribution is 0.248. The molecular weight excluding hydrogens is 200 g/mol. The molecule has 2 rings (SSSR count). The highest BCUT2D eigenvalue weighted by atomic mass is 16.5. The molecule has 0 saturated heterocycles. The molecule has 1 aliphatic carbocycles. The molecule has 0 radical (unpaired) electrons. The molecule has 1 fully saturated rings. The number of aromatic nitrogens is 2. The van der Waals surface area contributed by atoms with Crippen LogP contribution in [0, 0.1) is 18.8 Å². The van der Waals surface area contributed by atoms with Gasteiger partial charge in [0.25, 0.3) is 0 Å². The van der Waals surface area contributed by atoms with E-state index in [0.717, 1.165) is 23.6 Å². The molecule has 0 spiro atoms. The van der Waals surface area contributed by atoms with Gasteiger partial charge in [-0.1, -0.05) is 19.0 Å². The van der Waals surface area contributed by atoms with E-state index in [2.05, 4.69) is 24.0 Å². The van der Waals surface area contributed by atoms with Gasteiger partial charge in [0.15, 0.2) is 5.82 Å². The fraction of sp³-hybridized carbons (Fsp3) is 0.846. The van der Waals surface area contributed by atoms with Crippen LogP contribution in [0.1, 0.15) is 63.6 Å². The third-order valence-electron chi connectivity index (χ3n) is 3.54. The summed E-state index contributed by atoms with van der Waals surface area (Å²) < 4.78 is 5.26. The van der Waals surface area contributed by atoms with Crippen molar-refractivity contribution in [3.05, 3.63) is 11.7 Å². The van der Waals surface area contributed by atoms with Crippen molar-refractivity contribution < 1.29 is 4.52 Å². The quantitative estimate of drug-likeness (QED) is 0.782. The lowest BCUT2D eigenvalue weighted by Crippen LogP contribution is -2.15. The van der Waals surface area contributed by atoms with Crippen LogP contribution in [0.3, 0.4) is 0 Å². The Bertz CT molecular complexity index is 324. The van der Waals surface area contributed by atoms with Crippen molar-refractivity contribution in [1.82, 2.24) is 10.1 Å². The standard InChI is InChI=1S/C13H22N2O/c1-9(2)8-11-4-6-12(7-5-11)13-14-10(3)15-16-13/h9,11-12H,4-8H2,1-3H3/t11-,12-. The molecule has 1 aliphatic rings. The maximum absolute atomic E-state index is 5.26. The molecule has 16 heavy (non-hydrogen) atoms. The molecule has 1 aromatic heterocycles. The smallest absolute Gasteiger partial charge is 0.229 e. The summed E-state index contributed by atoms with van der Waals surface area (Å²) in [5.74, 6) is 3.89. The topological polar surface area (TPSA) is 38.9 Å². The number of aryl methyl sites for hydroxylation is 1. The summed E-state index contributed by atoms with van der Waals surface area (Å²) in [6, 6.07) is 0. The van der Waals surface area contributed by atoms with Gasteiger partial charge in [0.05, 0.1) is 0 Å². The van der Waals surface area contributed by atoms with E-state index in [1.807, 2.05) is 6.92 Å². The zero-order valence-corrected chi connectivity index (χ0v) is 10.6. The minimum absolute atomic E-state index is 0.518. The summed E-state index contributed by atoms with van der Waals surface area (Å²) in [4.78, 5) is 4.34. The summed E-state index contributed by atoms with van der Waals surface area (Å²) in [5, 5.41) is 3.87. The monoisotopic (exact) mass is 222 g/mol. The zero-order valence-electron chi connectivity index (χ0n) is 10.6. The molecular formula is C13H22N2O. The molecule has 1 saturated carbocycles. The van der Waals surface area contributed by atoms with Gasteiger partial charge in [-0.2, -0.15) is 4.98 Å². The summed E-state index contributed by atoms with van der Waals surface area (Å²) in [6.45, 7) is 6.51. The van der Waals surface area contributed by atoms with Gasteiger partial charge in [-0.05, 0) is 50.9 Å². The number of nitrogens with zero attached hydrogens (tertiary/aromatic N) is 2. The van der Waals surface area contributed by atoms with Crippen molar-refractivity contribution in [2.75, 3.05) is 0 Å². The molecule has 1 heterocycles. The van der Waals surface area contributed by atoms with Crippen molar-refractivity contribution in [2.45, 2.75) is 58.8 Å². The molecule has 0 atom stereocenters. The Morgan fingerprint density at radius 1 is 1.25 bits per heavy atom. The predicted octanol–water partition coefficient (Wildman–Crippen LogP) is 3.70. The van der Waals surface area contributed by atoms with E-state index in [0.29, 0.717) is 5.92 Å². The van der Waals surface area contributed by atoms with Crippen LogP contribution in [-0.2, 0) is 0 Å². The Morgan fingerprint density at radius 3 is 2.44 bits per heavy atom. The maximum Gasteiger partial charge on any atom is 0.229 e. The van der Waals surface area contributed by atoms with Crippen LogP contribution in [0.2, 0.25) is 0 Å². The SMILES string of the molecule is Cc1noc([C@H]2CC[C@H](CC(C)C)CC2)n1. The number of hydrogen-bond donors (Lipinski definition) is 0. The van der Waals surface area contributed by atoms with E-state index in [-0.39, 0.29) is 0 Å².